The van der Waals surface area contributed by atoms with Gasteiger partial charge in [-0.15, -0.1) is 0 Å². The summed E-state index contributed by atoms with van der Waals surface area (Å²) in [6, 6.07) is 4.81. The Morgan fingerprint density at radius 3 is 2.41 bits per heavy atom. The zero-order chi connectivity index (χ0) is 12.6. The zero-order valence-electron chi connectivity index (χ0n) is 10.8. The van der Waals surface area contributed by atoms with E-state index >= 15 is 0 Å². The molecule has 0 spiro atoms. The maximum atomic E-state index is 13.3. The highest BCUT2D eigenvalue weighted by atomic mass is 19.1. The van der Waals surface area contributed by atoms with Crippen LogP contribution in [0.3, 0.4) is 0 Å². The Morgan fingerprint density at radius 1 is 1.29 bits per heavy atom. The van der Waals surface area contributed by atoms with Crippen molar-refractivity contribution >= 4 is 5.69 Å². The van der Waals surface area contributed by atoms with Crippen molar-refractivity contribution < 1.29 is 4.39 Å². The maximum Gasteiger partial charge on any atom is 0.123 e. The normalized spacial score (nSPS) is 26.3. The first-order valence-corrected chi connectivity index (χ1v) is 6.29. The minimum Gasteiger partial charge on any atom is -0.371 e. The molecule has 1 saturated heterocycles. The standard InChI is InChI=1S/C14H21FN2/c1-9-7-17(8-10(9)2)14-5-4-12(15)6-13(14)11(3)16/h4-6,9-11H,7-8,16H2,1-3H3/t9?,10?,11-/m1/s1. The van der Waals surface area contributed by atoms with E-state index in [0.29, 0.717) is 11.8 Å². The van der Waals surface area contributed by atoms with Gasteiger partial charge in [-0.1, -0.05) is 13.8 Å². The first kappa shape index (κ1) is 12.4. The van der Waals surface area contributed by atoms with Gasteiger partial charge in [0.1, 0.15) is 5.82 Å². The van der Waals surface area contributed by atoms with Crippen molar-refractivity contribution in [1.82, 2.24) is 0 Å². The van der Waals surface area contributed by atoms with E-state index in [1.54, 1.807) is 6.07 Å². The number of nitrogens with zero attached hydrogens (tertiary/aromatic N) is 1. The van der Waals surface area contributed by atoms with Crippen LogP contribution in [0.1, 0.15) is 32.4 Å². The van der Waals surface area contributed by atoms with Crippen molar-refractivity contribution in [1.29, 1.82) is 0 Å². The fourth-order valence-corrected chi connectivity index (χ4v) is 2.50. The van der Waals surface area contributed by atoms with Crippen molar-refractivity contribution in [3.8, 4) is 0 Å². The Labute approximate surface area is 103 Å². The zero-order valence-corrected chi connectivity index (χ0v) is 10.8. The average molecular weight is 236 g/mol. The summed E-state index contributed by atoms with van der Waals surface area (Å²) in [6.07, 6.45) is 0. The van der Waals surface area contributed by atoms with E-state index in [4.69, 9.17) is 5.73 Å². The second kappa shape index (κ2) is 4.65. The third-order valence-corrected chi connectivity index (χ3v) is 3.81. The van der Waals surface area contributed by atoms with E-state index < -0.39 is 0 Å². The van der Waals surface area contributed by atoms with Gasteiger partial charge in [-0.05, 0) is 42.5 Å². The molecule has 1 aromatic carbocycles. The van der Waals surface area contributed by atoms with Gasteiger partial charge in [0.2, 0.25) is 0 Å². The van der Waals surface area contributed by atoms with E-state index in [9.17, 15) is 4.39 Å². The lowest BCUT2D eigenvalue weighted by atomic mass is 10.0. The minimum atomic E-state index is -0.207. The Kier molecular flexibility index (Phi) is 3.38. The van der Waals surface area contributed by atoms with E-state index in [-0.39, 0.29) is 11.9 Å². The molecule has 3 heteroatoms. The van der Waals surface area contributed by atoms with Crippen molar-refractivity contribution in [2.24, 2.45) is 17.6 Å². The van der Waals surface area contributed by atoms with E-state index in [2.05, 4.69) is 18.7 Å². The molecule has 1 fully saturated rings. The number of halogens is 1. The lowest BCUT2D eigenvalue weighted by molar-refractivity contribution is 0.494. The Bertz CT molecular complexity index is 393. The highest BCUT2D eigenvalue weighted by Gasteiger charge is 2.27. The van der Waals surface area contributed by atoms with Crippen LogP contribution in [0.15, 0.2) is 18.2 Å². The van der Waals surface area contributed by atoms with Gasteiger partial charge in [-0.2, -0.15) is 0 Å². The molecule has 2 rings (SSSR count). The molecular weight excluding hydrogens is 215 g/mol. The highest BCUT2D eigenvalue weighted by Crippen LogP contribution is 2.32. The second-order valence-corrected chi connectivity index (χ2v) is 5.35. The van der Waals surface area contributed by atoms with Crippen molar-refractivity contribution in [2.45, 2.75) is 26.8 Å². The van der Waals surface area contributed by atoms with Gasteiger partial charge in [-0.25, -0.2) is 4.39 Å². The monoisotopic (exact) mass is 236 g/mol. The quantitative estimate of drug-likeness (QED) is 0.855. The number of hydrogen-bond acceptors (Lipinski definition) is 2. The van der Waals surface area contributed by atoms with Crippen LogP contribution in [0, 0.1) is 17.7 Å². The summed E-state index contributed by atoms with van der Waals surface area (Å²) in [5.74, 6) is 1.16. The molecular formula is C14H21FN2. The summed E-state index contributed by atoms with van der Waals surface area (Å²) in [4.78, 5) is 2.33. The molecule has 2 unspecified atom stereocenters. The molecule has 0 aromatic heterocycles. The molecule has 2 N–H and O–H groups in total. The summed E-state index contributed by atoms with van der Waals surface area (Å²) in [5.41, 5.74) is 7.93. The van der Waals surface area contributed by atoms with Gasteiger partial charge in [0.25, 0.3) is 0 Å². The first-order valence-electron chi connectivity index (χ1n) is 6.29. The van der Waals surface area contributed by atoms with Crippen LogP contribution in [-0.4, -0.2) is 13.1 Å². The Hall–Kier alpha value is -1.09. The van der Waals surface area contributed by atoms with Gasteiger partial charge in [0, 0.05) is 24.8 Å². The molecule has 0 radical (unpaired) electrons. The van der Waals surface area contributed by atoms with Crippen LogP contribution < -0.4 is 10.6 Å². The predicted molar refractivity (Wildman–Crippen MR) is 69.5 cm³/mol. The lowest BCUT2D eigenvalue weighted by Crippen LogP contribution is -2.23. The molecule has 1 heterocycles. The third-order valence-electron chi connectivity index (χ3n) is 3.81. The highest BCUT2D eigenvalue weighted by molar-refractivity contribution is 5.56. The number of hydrogen-bond donors (Lipinski definition) is 1. The molecule has 0 aliphatic carbocycles. The summed E-state index contributed by atoms with van der Waals surface area (Å²) in [6.45, 7) is 8.50. The van der Waals surface area contributed by atoms with Crippen LogP contribution in [-0.2, 0) is 0 Å². The van der Waals surface area contributed by atoms with Gasteiger partial charge in [0.05, 0.1) is 0 Å². The average Bonchev–Trinajstić information content (AvgIpc) is 2.59. The molecule has 0 amide bonds. The fourth-order valence-electron chi connectivity index (χ4n) is 2.50. The van der Waals surface area contributed by atoms with Crippen LogP contribution >= 0.6 is 0 Å². The Morgan fingerprint density at radius 2 is 1.88 bits per heavy atom. The number of benzene rings is 1. The van der Waals surface area contributed by atoms with Gasteiger partial charge in [-0.3, -0.25) is 0 Å². The summed E-state index contributed by atoms with van der Waals surface area (Å²) in [7, 11) is 0. The molecule has 2 nitrogen and oxygen atoms in total. The minimum absolute atomic E-state index is 0.132. The van der Waals surface area contributed by atoms with Crippen molar-refractivity contribution in [2.75, 3.05) is 18.0 Å². The van der Waals surface area contributed by atoms with Crippen molar-refractivity contribution in [3.05, 3.63) is 29.6 Å². The molecule has 0 bridgehead atoms. The van der Waals surface area contributed by atoms with Crippen molar-refractivity contribution in [3.63, 3.8) is 0 Å². The SMILES string of the molecule is CC1CN(c2ccc(F)cc2[C@@H](C)N)CC1C. The second-order valence-electron chi connectivity index (χ2n) is 5.35. The third kappa shape index (κ3) is 2.44. The lowest BCUT2D eigenvalue weighted by Gasteiger charge is -2.23. The Balaban J connectivity index is 2.32. The van der Waals surface area contributed by atoms with E-state index in [0.717, 1.165) is 24.3 Å². The first-order chi connectivity index (χ1) is 7.99. The number of anilines is 1. The smallest absolute Gasteiger partial charge is 0.123 e. The molecule has 17 heavy (non-hydrogen) atoms. The number of rotatable bonds is 2. The van der Waals surface area contributed by atoms with Crippen LogP contribution in [0.4, 0.5) is 10.1 Å². The van der Waals surface area contributed by atoms with Crippen LogP contribution in [0.25, 0.3) is 0 Å². The van der Waals surface area contributed by atoms with E-state index in [1.165, 1.54) is 6.07 Å². The van der Waals surface area contributed by atoms with Gasteiger partial charge >= 0.3 is 0 Å². The van der Waals surface area contributed by atoms with Crippen LogP contribution in [0.5, 0.6) is 0 Å². The van der Waals surface area contributed by atoms with Gasteiger partial charge in [0.15, 0.2) is 0 Å². The molecule has 1 aliphatic rings. The predicted octanol–water partition coefficient (Wildman–Crippen LogP) is 2.94. The maximum absolute atomic E-state index is 13.3. The summed E-state index contributed by atoms with van der Waals surface area (Å²) < 4.78 is 13.3. The molecule has 1 aliphatic heterocycles. The summed E-state index contributed by atoms with van der Waals surface area (Å²) in [5, 5.41) is 0. The topological polar surface area (TPSA) is 29.3 Å². The fraction of sp³-hybridized carbons (Fsp3) is 0.571. The van der Waals surface area contributed by atoms with Crippen LogP contribution in [0.2, 0.25) is 0 Å². The molecule has 3 atom stereocenters. The molecule has 94 valence electrons. The summed E-state index contributed by atoms with van der Waals surface area (Å²) >= 11 is 0. The number of nitrogens with two attached hydrogens (primary N) is 1. The molecule has 1 aromatic rings. The van der Waals surface area contributed by atoms with Gasteiger partial charge < -0.3 is 10.6 Å². The van der Waals surface area contributed by atoms with E-state index in [1.807, 2.05) is 13.0 Å². The molecule has 0 saturated carbocycles. The largest absolute Gasteiger partial charge is 0.371 e.